The van der Waals surface area contributed by atoms with Crippen molar-refractivity contribution in [1.82, 2.24) is 15.1 Å². The third-order valence-electron chi connectivity index (χ3n) is 2.89. The molecule has 1 aromatic heterocycles. The van der Waals surface area contributed by atoms with Crippen molar-refractivity contribution < 1.29 is 0 Å². The number of H-pyrrole nitrogens is 1. The number of hydrogen-bond acceptors (Lipinski definition) is 3. The molecule has 2 rings (SSSR count). The Morgan fingerprint density at radius 3 is 3.07 bits per heavy atom. The number of halogens is 1. The molecule has 0 spiro atoms. The lowest BCUT2D eigenvalue weighted by molar-refractivity contribution is 0.182. The molecule has 4 nitrogen and oxygen atoms in total. The van der Waals surface area contributed by atoms with Crippen LogP contribution in [0.25, 0.3) is 0 Å². The molecule has 1 fully saturated rings. The Labute approximate surface area is 96.8 Å². The summed E-state index contributed by atoms with van der Waals surface area (Å²) < 4.78 is 0.562. The van der Waals surface area contributed by atoms with Crippen LogP contribution in [0.5, 0.6) is 0 Å². The number of piperidine rings is 1. The third kappa shape index (κ3) is 2.29. The van der Waals surface area contributed by atoms with Crippen LogP contribution in [0.3, 0.4) is 0 Å². The largest absolute Gasteiger partial charge is 0.298 e. The van der Waals surface area contributed by atoms with Crippen LogP contribution < -0.4 is 5.56 Å². The van der Waals surface area contributed by atoms with E-state index in [1.54, 1.807) is 0 Å². The van der Waals surface area contributed by atoms with Gasteiger partial charge in [0.05, 0.1) is 16.2 Å². The van der Waals surface area contributed by atoms with E-state index in [1.807, 2.05) is 6.07 Å². The van der Waals surface area contributed by atoms with Crippen molar-refractivity contribution in [1.29, 1.82) is 0 Å². The second kappa shape index (κ2) is 4.45. The van der Waals surface area contributed by atoms with Gasteiger partial charge in [0.15, 0.2) is 0 Å². The smallest absolute Gasteiger partial charge is 0.278 e. The van der Waals surface area contributed by atoms with Crippen molar-refractivity contribution in [2.45, 2.75) is 25.3 Å². The third-order valence-corrected chi connectivity index (χ3v) is 3.48. The van der Waals surface area contributed by atoms with Gasteiger partial charge in [0.2, 0.25) is 0 Å². The molecule has 5 heteroatoms. The average Bonchev–Trinajstić information content (AvgIpc) is 2.23. The number of aromatic amines is 1. The minimum absolute atomic E-state index is 0.169. The van der Waals surface area contributed by atoms with Crippen LogP contribution in [0.1, 0.15) is 31.0 Å². The summed E-state index contributed by atoms with van der Waals surface area (Å²) in [5, 5.41) is 6.61. The standard InChI is InChI=1S/C10H14BrN3O/c1-14-5-3-2-4-9(14)8-6-7(11)10(15)13-12-8/h6,9H,2-5H2,1H3,(H,13,15). The molecule has 0 radical (unpaired) electrons. The summed E-state index contributed by atoms with van der Waals surface area (Å²) in [5.41, 5.74) is 0.779. The number of nitrogens with zero attached hydrogens (tertiary/aromatic N) is 2. The lowest BCUT2D eigenvalue weighted by Crippen LogP contribution is -2.31. The quantitative estimate of drug-likeness (QED) is 0.846. The molecule has 1 saturated heterocycles. The first-order valence-corrected chi connectivity index (χ1v) is 5.93. The zero-order chi connectivity index (χ0) is 10.8. The molecule has 0 aliphatic carbocycles. The fraction of sp³-hybridized carbons (Fsp3) is 0.600. The molecule has 0 bridgehead atoms. The summed E-state index contributed by atoms with van der Waals surface area (Å²) >= 11 is 3.23. The van der Waals surface area contributed by atoms with Crippen LogP contribution in [0, 0.1) is 0 Å². The van der Waals surface area contributed by atoms with Gasteiger partial charge in [0, 0.05) is 0 Å². The minimum atomic E-state index is -0.169. The first-order chi connectivity index (χ1) is 7.18. The predicted octanol–water partition coefficient (Wildman–Crippen LogP) is 1.69. The van der Waals surface area contributed by atoms with Crippen LogP contribution in [0.4, 0.5) is 0 Å². The van der Waals surface area contributed by atoms with E-state index in [9.17, 15) is 4.79 Å². The maximum absolute atomic E-state index is 11.2. The SMILES string of the molecule is CN1CCCCC1c1cc(Br)c(=O)[nH]n1. The molecular formula is C10H14BrN3O. The molecule has 82 valence electrons. The number of nitrogens with one attached hydrogen (secondary N) is 1. The normalized spacial score (nSPS) is 22.9. The predicted molar refractivity (Wildman–Crippen MR) is 61.8 cm³/mol. The van der Waals surface area contributed by atoms with E-state index in [4.69, 9.17) is 0 Å². The van der Waals surface area contributed by atoms with Crippen LogP contribution in [-0.2, 0) is 0 Å². The van der Waals surface area contributed by atoms with E-state index in [-0.39, 0.29) is 5.56 Å². The van der Waals surface area contributed by atoms with Crippen molar-refractivity contribution in [2.24, 2.45) is 0 Å². The Hall–Kier alpha value is -0.680. The summed E-state index contributed by atoms with van der Waals surface area (Å²) in [7, 11) is 2.10. The van der Waals surface area contributed by atoms with Crippen LogP contribution >= 0.6 is 15.9 Å². The Balaban J connectivity index is 2.28. The summed E-state index contributed by atoms with van der Waals surface area (Å²) in [6.07, 6.45) is 3.59. The first-order valence-electron chi connectivity index (χ1n) is 5.14. The molecule has 2 heterocycles. The summed E-state index contributed by atoms with van der Waals surface area (Å²) in [6.45, 7) is 1.10. The van der Waals surface area contributed by atoms with Gasteiger partial charge in [-0.2, -0.15) is 5.10 Å². The van der Waals surface area contributed by atoms with E-state index >= 15 is 0 Å². The second-order valence-corrected chi connectivity index (χ2v) is 4.82. The van der Waals surface area contributed by atoms with Gasteiger partial charge in [-0.05, 0) is 48.4 Å². The van der Waals surface area contributed by atoms with Crippen molar-refractivity contribution >= 4 is 15.9 Å². The van der Waals surface area contributed by atoms with Crippen molar-refractivity contribution in [3.8, 4) is 0 Å². The van der Waals surface area contributed by atoms with Crippen LogP contribution in [0.15, 0.2) is 15.3 Å². The number of aromatic nitrogens is 2. The topological polar surface area (TPSA) is 49.0 Å². The maximum atomic E-state index is 11.2. The highest BCUT2D eigenvalue weighted by Gasteiger charge is 2.22. The molecular weight excluding hydrogens is 258 g/mol. The molecule has 0 aromatic carbocycles. The van der Waals surface area contributed by atoms with E-state index in [2.05, 4.69) is 38.1 Å². The van der Waals surface area contributed by atoms with Crippen molar-refractivity contribution in [3.63, 3.8) is 0 Å². The number of rotatable bonds is 1. The summed E-state index contributed by atoms with van der Waals surface area (Å²) in [6, 6.07) is 2.16. The highest BCUT2D eigenvalue weighted by Crippen LogP contribution is 2.28. The van der Waals surface area contributed by atoms with Crippen molar-refractivity contribution in [2.75, 3.05) is 13.6 Å². The Morgan fingerprint density at radius 2 is 2.40 bits per heavy atom. The van der Waals surface area contributed by atoms with Crippen LogP contribution in [0.2, 0.25) is 0 Å². The van der Waals surface area contributed by atoms with Gasteiger partial charge in [-0.25, -0.2) is 5.10 Å². The minimum Gasteiger partial charge on any atom is -0.298 e. The Kier molecular flexibility index (Phi) is 3.21. The van der Waals surface area contributed by atoms with E-state index in [1.165, 1.54) is 12.8 Å². The van der Waals surface area contributed by atoms with E-state index < -0.39 is 0 Å². The van der Waals surface area contributed by atoms with Gasteiger partial charge < -0.3 is 0 Å². The fourth-order valence-corrected chi connectivity index (χ4v) is 2.34. The zero-order valence-electron chi connectivity index (χ0n) is 8.66. The van der Waals surface area contributed by atoms with Gasteiger partial charge in [-0.3, -0.25) is 9.69 Å². The number of likely N-dealkylation sites (tertiary alicyclic amines) is 1. The van der Waals surface area contributed by atoms with Gasteiger partial charge >= 0.3 is 0 Å². The summed E-state index contributed by atoms with van der Waals surface area (Å²) in [5.74, 6) is 0. The second-order valence-electron chi connectivity index (χ2n) is 3.96. The monoisotopic (exact) mass is 271 g/mol. The molecule has 15 heavy (non-hydrogen) atoms. The first kappa shape index (κ1) is 10.8. The summed E-state index contributed by atoms with van der Waals surface area (Å²) in [4.78, 5) is 13.4. The molecule has 1 atom stereocenters. The zero-order valence-corrected chi connectivity index (χ0v) is 10.2. The van der Waals surface area contributed by atoms with E-state index in [0.717, 1.165) is 18.7 Å². The lowest BCUT2D eigenvalue weighted by Gasteiger charge is -2.31. The molecule has 1 N–H and O–H groups in total. The molecule has 1 unspecified atom stereocenters. The lowest BCUT2D eigenvalue weighted by atomic mass is 10.00. The highest BCUT2D eigenvalue weighted by molar-refractivity contribution is 9.10. The molecule has 1 aliphatic heterocycles. The van der Waals surface area contributed by atoms with E-state index in [0.29, 0.717) is 10.5 Å². The highest BCUT2D eigenvalue weighted by atomic mass is 79.9. The number of hydrogen-bond donors (Lipinski definition) is 1. The molecule has 0 amide bonds. The fourth-order valence-electron chi connectivity index (χ4n) is 2.02. The Bertz CT molecular complexity index is 404. The van der Waals surface area contributed by atoms with Crippen LogP contribution in [-0.4, -0.2) is 28.7 Å². The maximum Gasteiger partial charge on any atom is 0.278 e. The van der Waals surface area contributed by atoms with Crippen molar-refractivity contribution in [3.05, 3.63) is 26.6 Å². The Morgan fingerprint density at radius 1 is 1.60 bits per heavy atom. The average molecular weight is 272 g/mol. The van der Waals surface area contributed by atoms with Gasteiger partial charge in [-0.1, -0.05) is 6.42 Å². The molecule has 1 aliphatic rings. The molecule has 1 aromatic rings. The van der Waals surface area contributed by atoms with Gasteiger partial charge in [0.1, 0.15) is 0 Å². The van der Waals surface area contributed by atoms with Gasteiger partial charge in [-0.15, -0.1) is 0 Å². The van der Waals surface area contributed by atoms with Gasteiger partial charge in [0.25, 0.3) is 5.56 Å². The molecule has 0 saturated carbocycles.